The molecule has 0 spiro atoms. The number of thiophene rings is 2. The third-order valence-electron chi connectivity index (χ3n) is 25.5. The zero-order chi connectivity index (χ0) is 87.3. The number of hydrogen-bond donors (Lipinski definition) is 0. The molecule has 0 N–H and O–H groups in total. The van der Waals surface area contributed by atoms with Gasteiger partial charge in [-0.2, -0.15) is 0 Å². The SMILES string of the molecule is Fc1ccccc1N(c1ccccc1)c1cc2c3c(c1)N(c1ccccc1F)c1c(sc4ccccc14)B3c1cc3c(cc1N2c1c(F)cccc1F)N(c1c(F)cccc1F)c1cc(N(c2ccccc2)c2ccccc2)cc2c1B3c1cc3c(cc1O2)N(c1c(F)cccc1F)c1cc(N(c2ccccc2)c2c(F)cccc2F)cc2c1B3c1sc3ccccc3c1S2. The van der Waals surface area contributed by atoms with Crippen LogP contribution in [0.15, 0.2) is 362 Å². The van der Waals surface area contributed by atoms with Gasteiger partial charge in [-0.15, -0.1) is 22.7 Å². The monoisotopic (exact) mass is 1760 g/mol. The van der Waals surface area contributed by atoms with Crippen molar-refractivity contribution < 1.29 is 48.6 Å². The summed E-state index contributed by atoms with van der Waals surface area (Å²) in [6.45, 7) is -2.87. The van der Waals surface area contributed by atoms with E-state index in [4.69, 9.17) is 4.74 Å². The molecule has 24 heteroatoms. The van der Waals surface area contributed by atoms with Crippen LogP contribution in [-0.4, -0.2) is 20.1 Å². The first-order chi connectivity index (χ1) is 63.7. The number of ether oxygens (including phenoxy) is 1. The van der Waals surface area contributed by atoms with E-state index in [2.05, 4.69) is 0 Å². The van der Waals surface area contributed by atoms with Crippen molar-refractivity contribution in [2.75, 3.05) is 34.3 Å². The fourth-order valence-corrected chi connectivity index (χ4v) is 24.4. The van der Waals surface area contributed by atoms with Crippen LogP contribution in [-0.2, 0) is 0 Å². The Hall–Kier alpha value is -15.1. The molecule has 2 aromatic heterocycles. The van der Waals surface area contributed by atoms with E-state index < -0.39 is 101 Å². The number of anilines is 21. The Morgan fingerprint density at radius 1 is 0.246 bits per heavy atom. The summed E-state index contributed by atoms with van der Waals surface area (Å²) in [6, 6.07) is 98.0. The van der Waals surface area contributed by atoms with E-state index in [1.54, 1.807) is 107 Å². The molecule has 0 saturated carbocycles. The van der Waals surface area contributed by atoms with Gasteiger partial charge < -0.3 is 39.0 Å². The molecule has 25 rings (SSSR count). The zero-order valence-corrected chi connectivity index (χ0v) is 70.2. The Balaban J connectivity index is 0.825. The van der Waals surface area contributed by atoms with Crippen LogP contribution in [0.3, 0.4) is 0 Å². The second kappa shape index (κ2) is 29.8. The lowest BCUT2D eigenvalue weighted by Crippen LogP contribution is -2.65. The van der Waals surface area contributed by atoms with Crippen LogP contribution < -0.4 is 86.8 Å². The average Bonchev–Trinajstić information content (AvgIpc) is 1.10. The second-order valence-corrected chi connectivity index (χ2v) is 35.8. The molecule has 0 amide bonds. The topological polar surface area (TPSA) is 31.9 Å². The van der Waals surface area contributed by atoms with E-state index in [9.17, 15) is 0 Å². The van der Waals surface area contributed by atoms with Crippen LogP contribution in [0.4, 0.5) is 163 Å². The largest absolute Gasteiger partial charge is 0.458 e. The number of benzene rings is 17. The predicted octanol–water partition coefficient (Wildman–Crippen LogP) is 25.2. The van der Waals surface area contributed by atoms with Crippen molar-refractivity contribution in [2.24, 2.45) is 0 Å². The molecule has 8 nitrogen and oxygen atoms in total. The first-order valence-electron chi connectivity index (χ1n) is 42.0. The predicted molar refractivity (Wildman–Crippen MR) is 511 cm³/mol. The summed E-state index contributed by atoms with van der Waals surface area (Å²) in [7, 11) is 0. The van der Waals surface area contributed by atoms with Gasteiger partial charge in [0, 0.05) is 115 Å². The Kier molecular flexibility index (Phi) is 17.7. The summed E-state index contributed by atoms with van der Waals surface area (Å²) in [5.74, 6) is -8.55. The van der Waals surface area contributed by atoms with E-state index in [0.717, 1.165) is 42.0 Å². The normalized spacial score (nSPS) is 13.2. The molecule has 0 radical (unpaired) electrons. The number of rotatable bonds is 13. The molecule has 0 saturated heterocycles. The highest BCUT2D eigenvalue weighted by Crippen LogP contribution is 2.57. The van der Waals surface area contributed by atoms with E-state index in [-0.39, 0.29) is 68.4 Å². The quantitative estimate of drug-likeness (QED) is 0.0828. The van der Waals surface area contributed by atoms with Gasteiger partial charge in [0.2, 0.25) is 0 Å². The fourth-order valence-electron chi connectivity index (χ4n) is 20.3. The molecule has 19 aromatic rings. The molecule has 620 valence electrons. The van der Waals surface area contributed by atoms with Crippen molar-refractivity contribution >= 4 is 242 Å². The third kappa shape index (κ3) is 11.6. The fraction of sp³-hybridized carbons (Fsp3) is 0. The maximum Gasteiger partial charge on any atom is 0.264 e. The molecule has 0 bridgehead atoms. The Morgan fingerprint density at radius 2 is 0.638 bits per heavy atom. The van der Waals surface area contributed by atoms with Crippen molar-refractivity contribution in [3.05, 3.63) is 410 Å². The summed E-state index contributed by atoms with van der Waals surface area (Å²) in [4.78, 5) is 13.0. The van der Waals surface area contributed by atoms with Crippen LogP contribution in [0.1, 0.15) is 0 Å². The summed E-state index contributed by atoms with van der Waals surface area (Å²) in [5, 5.41) is 1.63. The van der Waals surface area contributed by atoms with Crippen LogP contribution in [0.2, 0.25) is 0 Å². The standard InChI is InChI=1S/C106H58B3F10N7OS3/c110-72-35-15-17-45-82(72)121(61-29-9-3-10-30-61)63-49-87-96-88(50-63)124(101-76(114)39-22-40-77(101)115)85-57-84-68(55-69(85)108(96)105-99(66-33-13-19-47-93(66)129-105)123(87)83-46-18-16-36-73(83)111)107-71-56-70-86(58-91(71)127-92-53-64(120(59-25-5-1-6-26-59)60-27-7-2-8-28-60)51-89(97(92)107)125(84)102-78(116)41-23-42-79(102)117)126(103-80(118)43-24-44-81(103)119)90-52-65(122(62-31-11-4-12-32-62)100-74(112)37-21-38-75(100)113)54-95-98(90)109(70)106-104(128-95)67-34-14-20-48-94(67)130-106/h1-58H. The van der Waals surface area contributed by atoms with Gasteiger partial charge >= 0.3 is 0 Å². The van der Waals surface area contributed by atoms with E-state index in [1.165, 1.54) is 115 Å². The first-order valence-corrected chi connectivity index (χ1v) is 44.5. The van der Waals surface area contributed by atoms with Gasteiger partial charge in [0.05, 0.1) is 28.4 Å². The minimum Gasteiger partial charge on any atom is -0.458 e. The minimum absolute atomic E-state index is 0.0967. The minimum atomic E-state index is -1.10. The van der Waals surface area contributed by atoms with Crippen molar-refractivity contribution in [1.82, 2.24) is 0 Å². The van der Waals surface area contributed by atoms with E-state index in [0.29, 0.717) is 87.7 Å². The van der Waals surface area contributed by atoms with Gasteiger partial charge in [0.25, 0.3) is 20.1 Å². The molecule has 0 fully saturated rings. The molecule has 130 heavy (non-hydrogen) atoms. The lowest BCUT2D eigenvalue weighted by Gasteiger charge is -2.46. The molecular weight excluding hydrogens is 1710 g/mol. The van der Waals surface area contributed by atoms with Gasteiger partial charge in [0.1, 0.15) is 92.4 Å². The van der Waals surface area contributed by atoms with Crippen LogP contribution in [0, 0.1) is 58.2 Å². The highest BCUT2D eigenvalue weighted by Gasteiger charge is 2.53. The van der Waals surface area contributed by atoms with Crippen LogP contribution in [0.5, 0.6) is 11.5 Å². The molecule has 6 aliphatic rings. The first kappa shape index (κ1) is 77.3. The Bertz CT molecular complexity index is 7900. The number of para-hydroxylation sites is 10. The van der Waals surface area contributed by atoms with E-state index >= 15 is 43.9 Å². The molecule has 0 aliphatic carbocycles. The lowest BCUT2D eigenvalue weighted by atomic mass is 9.30. The van der Waals surface area contributed by atoms with E-state index in [1.807, 2.05) is 186 Å². The molecule has 8 heterocycles. The molecule has 0 unspecified atom stereocenters. The number of halogens is 10. The maximum absolute atomic E-state index is 18.5. The summed E-state index contributed by atoms with van der Waals surface area (Å²) in [5.41, 5.74) is 6.76. The summed E-state index contributed by atoms with van der Waals surface area (Å²) >= 11 is 4.44. The maximum atomic E-state index is 18.5. The molecular formula is C106H58B3F10N7OS3. The van der Waals surface area contributed by atoms with Crippen molar-refractivity contribution in [2.45, 2.75) is 9.79 Å². The van der Waals surface area contributed by atoms with Crippen molar-refractivity contribution in [1.29, 1.82) is 0 Å². The summed E-state index contributed by atoms with van der Waals surface area (Å²) in [6.07, 6.45) is 0. The van der Waals surface area contributed by atoms with Crippen molar-refractivity contribution in [3.63, 3.8) is 0 Å². The zero-order valence-electron chi connectivity index (χ0n) is 67.8. The number of nitrogens with zero attached hydrogens (tertiary/aromatic N) is 7. The third-order valence-corrected chi connectivity index (χ3v) is 29.3. The second-order valence-electron chi connectivity index (χ2n) is 32.5. The van der Waals surface area contributed by atoms with Crippen LogP contribution >= 0.6 is 34.4 Å². The molecule has 17 aromatic carbocycles. The molecule has 0 atom stereocenters. The average molecular weight is 1760 g/mol. The Labute approximate surface area is 751 Å². The van der Waals surface area contributed by atoms with Gasteiger partial charge in [-0.3, -0.25) is 0 Å². The van der Waals surface area contributed by atoms with Gasteiger partial charge in [-0.1, -0.05) is 182 Å². The summed E-state index contributed by atoms with van der Waals surface area (Å²) < 4.78 is 191. The Morgan fingerprint density at radius 3 is 1.18 bits per heavy atom. The van der Waals surface area contributed by atoms with Gasteiger partial charge in [0.15, 0.2) is 0 Å². The van der Waals surface area contributed by atoms with Crippen LogP contribution in [0.25, 0.3) is 20.2 Å². The van der Waals surface area contributed by atoms with Crippen molar-refractivity contribution in [3.8, 4) is 11.5 Å². The highest BCUT2D eigenvalue weighted by atomic mass is 32.2. The smallest absolute Gasteiger partial charge is 0.264 e. The number of fused-ring (bicyclic) bond motifs is 16. The number of hydrogen-bond acceptors (Lipinski definition) is 11. The highest BCUT2D eigenvalue weighted by molar-refractivity contribution is 8.00. The van der Waals surface area contributed by atoms with Gasteiger partial charge in [-0.05, 0) is 213 Å². The molecule has 6 aliphatic heterocycles. The lowest BCUT2D eigenvalue weighted by molar-refractivity contribution is 0.487. The van der Waals surface area contributed by atoms with Gasteiger partial charge in [-0.25, -0.2) is 43.9 Å².